The topological polar surface area (TPSA) is 40.1 Å². The number of hydrogen-bond donors (Lipinski definition) is 0. The van der Waals surface area contributed by atoms with Crippen molar-refractivity contribution < 1.29 is 40.6 Å². The van der Waals surface area contributed by atoms with E-state index in [1.54, 1.807) is 0 Å². The van der Waals surface area contributed by atoms with E-state index in [-0.39, 0.29) is 15.6 Å². The van der Waals surface area contributed by atoms with E-state index in [0.717, 1.165) is 12.1 Å². The summed E-state index contributed by atoms with van der Waals surface area (Å²) in [7, 11) is 0. The minimum atomic E-state index is -6.59. The van der Waals surface area contributed by atoms with Gasteiger partial charge in [-0.25, -0.2) is 4.39 Å². The molecule has 24 heavy (non-hydrogen) atoms. The summed E-state index contributed by atoms with van der Waals surface area (Å²) in [5.41, 5.74) is -8.32. The van der Waals surface area contributed by atoms with Crippen LogP contribution < -0.4 is 5.11 Å². The molecule has 11 heteroatoms. The van der Waals surface area contributed by atoms with E-state index < -0.39 is 47.1 Å². The number of fused-ring (bicyclic) bond motifs is 1. The second-order valence-electron chi connectivity index (χ2n) is 4.88. The van der Waals surface area contributed by atoms with Gasteiger partial charge in [0.25, 0.3) is 0 Å². The molecule has 0 heterocycles. The van der Waals surface area contributed by atoms with Gasteiger partial charge in [0.15, 0.2) is 0 Å². The molecule has 0 saturated heterocycles. The molecule has 0 bridgehead atoms. The van der Waals surface area contributed by atoms with Crippen LogP contribution in [0.5, 0.6) is 0 Å². The Labute approximate surface area is 139 Å². The highest BCUT2D eigenvalue weighted by Crippen LogP contribution is 2.50. The molecule has 1 aliphatic carbocycles. The van der Waals surface area contributed by atoms with E-state index in [2.05, 4.69) is 0 Å². The highest BCUT2D eigenvalue weighted by molar-refractivity contribution is 6.35. The maximum Gasteiger partial charge on any atom is 0.439 e. The Morgan fingerprint density at radius 1 is 1.00 bits per heavy atom. The van der Waals surface area contributed by atoms with Crippen molar-refractivity contribution in [3.8, 4) is 0 Å². The van der Waals surface area contributed by atoms with Crippen LogP contribution in [-0.2, 0) is 11.2 Å². The van der Waals surface area contributed by atoms with Gasteiger partial charge in [0.1, 0.15) is 0 Å². The van der Waals surface area contributed by atoms with Crippen molar-refractivity contribution in [3.05, 3.63) is 38.9 Å². The molecule has 0 aromatic heterocycles. The second kappa shape index (κ2) is 5.52. The molecule has 0 unspecified atom stereocenters. The van der Waals surface area contributed by atoms with Gasteiger partial charge in [-0.3, -0.25) is 4.79 Å². The lowest BCUT2D eigenvalue weighted by atomic mass is 9.91. The fourth-order valence-corrected chi connectivity index (χ4v) is 2.78. The summed E-state index contributed by atoms with van der Waals surface area (Å²) in [6.07, 6.45) is -14.1. The smallest absolute Gasteiger partial charge is 0.439 e. The third-order valence-electron chi connectivity index (χ3n) is 3.40. The molecule has 2 nitrogen and oxygen atoms in total. The number of alkyl halides is 7. The first-order valence-corrected chi connectivity index (χ1v) is 6.73. The Hall–Kier alpha value is -1.48. The van der Waals surface area contributed by atoms with Crippen molar-refractivity contribution in [2.45, 2.75) is 24.4 Å². The van der Waals surface area contributed by atoms with Gasteiger partial charge in [0.05, 0.1) is 0 Å². The maximum absolute atomic E-state index is 13.8. The molecule has 0 radical (unpaired) electrons. The van der Waals surface area contributed by atoms with Crippen molar-refractivity contribution in [1.82, 2.24) is 0 Å². The molecule has 0 aliphatic heterocycles. The monoisotopic (exact) mass is 395 g/mol. The number of allylic oxidation sites excluding steroid dienone is 1. The van der Waals surface area contributed by atoms with Crippen LogP contribution in [0.3, 0.4) is 0 Å². The third-order valence-corrected chi connectivity index (χ3v) is 3.96. The average Bonchev–Trinajstić information content (AvgIpc) is 2.72. The Balaban J connectivity index is 2.61. The fraction of sp³-hybridized carbons (Fsp3) is 0.308. The van der Waals surface area contributed by atoms with Crippen LogP contribution in [0.1, 0.15) is 11.1 Å². The molecule has 1 aromatic carbocycles. The van der Waals surface area contributed by atoms with Crippen molar-refractivity contribution in [1.29, 1.82) is 0 Å². The first-order valence-electron chi connectivity index (χ1n) is 5.97. The molecule has 1 aliphatic rings. The molecule has 0 atom stereocenters. The van der Waals surface area contributed by atoms with Gasteiger partial charge < -0.3 is 5.11 Å². The van der Waals surface area contributed by atoms with Crippen molar-refractivity contribution in [3.63, 3.8) is 0 Å². The predicted octanol–water partition coefficient (Wildman–Crippen LogP) is 4.02. The third kappa shape index (κ3) is 2.63. The number of benzene rings is 1. The lowest BCUT2D eigenvalue weighted by Gasteiger charge is -2.29. The summed E-state index contributed by atoms with van der Waals surface area (Å²) in [5, 5.41) is 11.6. The summed E-state index contributed by atoms with van der Waals surface area (Å²) in [5.74, 6) is -4.48. The van der Waals surface area contributed by atoms with Crippen molar-refractivity contribution >= 4 is 34.7 Å². The van der Waals surface area contributed by atoms with Crippen molar-refractivity contribution in [2.24, 2.45) is 0 Å². The zero-order chi connectivity index (χ0) is 18.7. The number of carbonyl (C=O) groups excluding carboxylic acids is 1. The minimum Gasteiger partial charge on any atom is -0.872 e. The molecule has 2 rings (SSSR count). The number of halogens is 9. The van der Waals surface area contributed by atoms with Crippen LogP contribution in [0.15, 0.2) is 17.7 Å². The zero-order valence-electron chi connectivity index (χ0n) is 11.1. The standard InChI is InChI=1S/C13H5Cl2F7O2/c14-4-1-6-5(8(15)2-4)3-7(9(6)23)10(24)11(16,12(17,18)19)13(20,21)22/h1-2,23H,3H2/p-1. The molecule has 0 spiro atoms. The molecule has 132 valence electrons. The quantitative estimate of drug-likeness (QED) is 0.709. The van der Waals surface area contributed by atoms with E-state index in [0.29, 0.717) is 0 Å². The van der Waals surface area contributed by atoms with E-state index in [4.69, 9.17) is 23.2 Å². The number of carbonyl (C=O) groups is 1. The van der Waals surface area contributed by atoms with Gasteiger partial charge in [-0.15, -0.1) is 0 Å². The Bertz CT molecular complexity index is 736. The van der Waals surface area contributed by atoms with Gasteiger partial charge >= 0.3 is 18.0 Å². The largest absolute Gasteiger partial charge is 0.872 e. The zero-order valence-corrected chi connectivity index (χ0v) is 12.6. The molecule has 0 saturated carbocycles. The lowest BCUT2D eigenvalue weighted by Crippen LogP contribution is -2.59. The highest BCUT2D eigenvalue weighted by Gasteiger charge is 2.77. The predicted molar refractivity (Wildman–Crippen MR) is 68.0 cm³/mol. The van der Waals surface area contributed by atoms with E-state index >= 15 is 0 Å². The van der Waals surface area contributed by atoms with Crippen LogP contribution in [0.4, 0.5) is 30.7 Å². The van der Waals surface area contributed by atoms with E-state index in [1.807, 2.05) is 0 Å². The summed E-state index contributed by atoms with van der Waals surface area (Å²) in [4.78, 5) is 11.7. The van der Waals surface area contributed by atoms with Gasteiger partial charge in [-0.05, 0) is 28.8 Å². The summed E-state index contributed by atoms with van der Waals surface area (Å²) in [6.45, 7) is 0. The SMILES string of the molecule is O=C(C1=C([O-])c2cc(Cl)cc(Cl)c2C1)C(F)(C(F)(F)F)C(F)(F)F. The fourth-order valence-electron chi connectivity index (χ4n) is 2.21. The Morgan fingerprint density at radius 2 is 1.50 bits per heavy atom. The minimum absolute atomic E-state index is 0.126. The maximum atomic E-state index is 13.8. The van der Waals surface area contributed by atoms with E-state index in [9.17, 15) is 40.6 Å². The van der Waals surface area contributed by atoms with Gasteiger partial charge in [0.2, 0.25) is 5.78 Å². The number of rotatable bonds is 2. The van der Waals surface area contributed by atoms with Crippen LogP contribution >= 0.6 is 23.2 Å². The van der Waals surface area contributed by atoms with Crippen LogP contribution in [0, 0.1) is 0 Å². The van der Waals surface area contributed by atoms with Gasteiger partial charge in [0, 0.05) is 16.5 Å². The molecule has 0 fully saturated rings. The number of hydrogen-bond acceptors (Lipinski definition) is 2. The summed E-state index contributed by atoms with van der Waals surface area (Å²) in [6, 6.07) is 2.01. The molecule has 0 amide bonds. The average molecular weight is 396 g/mol. The van der Waals surface area contributed by atoms with Crippen LogP contribution in [0.2, 0.25) is 10.0 Å². The first-order chi connectivity index (χ1) is 10.7. The molecular weight excluding hydrogens is 392 g/mol. The van der Waals surface area contributed by atoms with Gasteiger partial charge in [-0.2, -0.15) is 26.3 Å². The second-order valence-corrected chi connectivity index (χ2v) is 5.72. The summed E-state index contributed by atoms with van der Waals surface area (Å²) < 4.78 is 89.5. The number of ketones is 1. The van der Waals surface area contributed by atoms with Crippen LogP contribution in [0.25, 0.3) is 5.76 Å². The Kier molecular flexibility index (Phi) is 4.34. The molecule has 0 N–H and O–H groups in total. The van der Waals surface area contributed by atoms with E-state index in [1.165, 1.54) is 0 Å². The molecular formula is C13H4Cl2F7O2-. The van der Waals surface area contributed by atoms with Gasteiger partial charge in [-0.1, -0.05) is 29.0 Å². The summed E-state index contributed by atoms with van der Waals surface area (Å²) >= 11 is 11.3. The van der Waals surface area contributed by atoms with Crippen LogP contribution in [-0.4, -0.2) is 23.8 Å². The lowest BCUT2D eigenvalue weighted by molar-refractivity contribution is -0.324. The number of Topliss-reactive ketones (excluding diaryl/α,β-unsaturated/α-hetero) is 1. The first kappa shape index (κ1) is 18.9. The molecule has 1 aromatic rings. The highest BCUT2D eigenvalue weighted by atomic mass is 35.5. The Morgan fingerprint density at radius 3 is 1.96 bits per heavy atom. The normalized spacial score (nSPS) is 15.7. The van der Waals surface area contributed by atoms with Crippen molar-refractivity contribution in [2.75, 3.05) is 0 Å².